The van der Waals surface area contributed by atoms with Crippen molar-refractivity contribution in [3.05, 3.63) is 51.3 Å². The first-order chi connectivity index (χ1) is 12.1. The largest absolute Gasteiger partial charge is 0.344 e. The Kier molecular flexibility index (Phi) is 4.09. The van der Waals surface area contributed by atoms with Crippen LogP contribution in [0.1, 0.15) is 51.1 Å². The van der Waals surface area contributed by atoms with Gasteiger partial charge in [-0.25, -0.2) is 4.98 Å². The molecule has 7 heteroatoms. The molecular weight excluding hydrogens is 336 g/mol. The molecule has 128 valence electrons. The van der Waals surface area contributed by atoms with Crippen LogP contribution in [0.15, 0.2) is 28.9 Å². The summed E-state index contributed by atoms with van der Waals surface area (Å²) < 4.78 is 5.19. The molecule has 2 heterocycles. The van der Waals surface area contributed by atoms with Crippen LogP contribution >= 0.6 is 11.3 Å². The molecule has 1 unspecified atom stereocenters. The highest BCUT2D eigenvalue weighted by molar-refractivity contribution is 7.13. The average molecular weight is 354 g/mol. The Labute approximate surface area is 149 Å². The number of carbonyl (C=O) groups is 1. The van der Waals surface area contributed by atoms with E-state index in [-0.39, 0.29) is 11.9 Å². The van der Waals surface area contributed by atoms with Crippen LogP contribution in [0.3, 0.4) is 0 Å². The summed E-state index contributed by atoms with van der Waals surface area (Å²) in [6.45, 7) is 3.88. The zero-order chi connectivity index (χ0) is 17.4. The Morgan fingerprint density at radius 2 is 2.32 bits per heavy atom. The Morgan fingerprint density at radius 3 is 3.04 bits per heavy atom. The molecule has 1 aromatic carbocycles. The summed E-state index contributed by atoms with van der Waals surface area (Å²) in [7, 11) is 0. The topological polar surface area (TPSA) is 80.9 Å². The number of nitrogens with one attached hydrogen (secondary N) is 1. The van der Waals surface area contributed by atoms with Gasteiger partial charge < -0.3 is 9.84 Å². The van der Waals surface area contributed by atoms with E-state index in [2.05, 4.69) is 32.6 Å². The first-order valence-corrected chi connectivity index (χ1v) is 9.14. The Morgan fingerprint density at radius 1 is 1.44 bits per heavy atom. The molecule has 1 aliphatic carbocycles. The van der Waals surface area contributed by atoms with Crippen molar-refractivity contribution in [1.82, 2.24) is 20.4 Å². The van der Waals surface area contributed by atoms with E-state index in [0.29, 0.717) is 16.6 Å². The molecule has 0 radical (unpaired) electrons. The molecule has 2 aromatic heterocycles. The number of benzene rings is 1. The fourth-order valence-corrected chi connectivity index (χ4v) is 3.80. The molecule has 25 heavy (non-hydrogen) atoms. The van der Waals surface area contributed by atoms with Crippen molar-refractivity contribution in [3.8, 4) is 11.4 Å². The Balaban J connectivity index is 1.54. The summed E-state index contributed by atoms with van der Waals surface area (Å²) >= 11 is 1.41. The fraction of sp³-hybridized carbons (Fsp3) is 0.333. The molecule has 1 amide bonds. The lowest BCUT2D eigenvalue weighted by Gasteiger charge is -2.13. The first kappa shape index (κ1) is 16.0. The highest BCUT2D eigenvalue weighted by Gasteiger charge is 2.25. The summed E-state index contributed by atoms with van der Waals surface area (Å²) in [5.41, 5.74) is 3.34. The molecule has 0 bridgehead atoms. The minimum Gasteiger partial charge on any atom is -0.344 e. The average Bonchev–Trinajstić information content (AvgIpc) is 3.34. The van der Waals surface area contributed by atoms with Gasteiger partial charge in [-0.3, -0.25) is 4.79 Å². The van der Waals surface area contributed by atoms with Crippen LogP contribution < -0.4 is 5.32 Å². The summed E-state index contributed by atoms with van der Waals surface area (Å²) in [4.78, 5) is 21.6. The summed E-state index contributed by atoms with van der Waals surface area (Å²) in [6, 6.07) is 6.19. The Bertz CT molecular complexity index is 931. The number of hydrogen-bond donors (Lipinski definition) is 1. The van der Waals surface area contributed by atoms with E-state index in [1.165, 1.54) is 16.9 Å². The molecule has 4 rings (SSSR count). The van der Waals surface area contributed by atoms with E-state index >= 15 is 0 Å². The maximum Gasteiger partial charge on any atom is 0.263 e. The highest BCUT2D eigenvalue weighted by Crippen LogP contribution is 2.34. The van der Waals surface area contributed by atoms with Gasteiger partial charge in [-0.05, 0) is 37.0 Å². The molecule has 0 aliphatic heterocycles. The summed E-state index contributed by atoms with van der Waals surface area (Å²) in [6.07, 6.45) is 4.18. The molecule has 3 aromatic rings. The number of rotatable bonds is 4. The molecule has 0 saturated heterocycles. The van der Waals surface area contributed by atoms with Gasteiger partial charge in [0.05, 0.1) is 17.2 Å². The van der Waals surface area contributed by atoms with Crippen LogP contribution in [0.5, 0.6) is 0 Å². The number of fused-ring (bicyclic) bond motifs is 1. The van der Waals surface area contributed by atoms with Crippen molar-refractivity contribution in [2.24, 2.45) is 0 Å². The summed E-state index contributed by atoms with van der Waals surface area (Å²) in [5, 5.41) is 8.05. The lowest BCUT2D eigenvalue weighted by Crippen LogP contribution is -2.26. The lowest BCUT2D eigenvalue weighted by atomic mass is 10.0. The van der Waals surface area contributed by atoms with Gasteiger partial charge in [0.1, 0.15) is 4.88 Å². The molecular formula is C18H18N4O2S. The number of carbonyl (C=O) groups excluding carboxylic acids is 1. The Hall–Kier alpha value is -2.54. The van der Waals surface area contributed by atoms with Crippen LogP contribution in [-0.2, 0) is 12.8 Å². The number of aryl methyl sites for hydroxylation is 3. The minimum atomic E-state index is -0.0571. The SMILES string of the molecule is CCc1nc(-c2ccc3c(c2)CCC3NC(=O)c2cnc(C)s2)no1. The third-order valence-electron chi connectivity index (χ3n) is 4.40. The van der Waals surface area contributed by atoms with Crippen LogP contribution in [0.25, 0.3) is 11.4 Å². The maximum atomic E-state index is 12.4. The fourth-order valence-electron chi connectivity index (χ4n) is 3.12. The van der Waals surface area contributed by atoms with Gasteiger partial charge in [-0.2, -0.15) is 4.98 Å². The lowest BCUT2D eigenvalue weighted by molar-refractivity contribution is 0.0940. The second-order valence-electron chi connectivity index (χ2n) is 6.09. The second kappa shape index (κ2) is 6.40. The van der Waals surface area contributed by atoms with Gasteiger partial charge in [0.2, 0.25) is 11.7 Å². The van der Waals surface area contributed by atoms with Crippen molar-refractivity contribution < 1.29 is 9.32 Å². The molecule has 1 atom stereocenters. The third-order valence-corrected chi connectivity index (χ3v) is 5.31. The van der Waals surface area contributed by atoms with Gasteiger partial charge in [0.25, 0.3) is 5.91 Å². The van der Waals surface area contributed by atoms with E-state index in [0.717, 1.165) is 35.4 Å². The van der Waals surface area contributed by atoms with Crippen LogP contribution in [0.2, 0.25) is 0 Å². The van der Waals surface area contributed by atoms with Gasteiger partial charge in [0.15, 0.2) is 0 Å². The van der Waals surface area contributed by atoms with E-state index < -0.39 is 0 Å². The molecule has 1 aliphatic rings. The zero-order valence-electron chi connectivity index (χ0n) is 14.1. The standard InChI is InChI=1S/C18H18N4O2S/c1-3-16-21-17(22-24-16)12-4-6-13-11(8-12)5-7-14(13)20-18(23)15-9-19-10(2)25-15/h4,6,8-9,14H,3,5,7H2,1-2H3,(H,20,23). The second-order valence-corrected chi connectivity index (χ2v) is 7.32. The molecule has 6 nitrogen and oxygen atoms in total. The van der Waals surface area contributed by atoms with E-state index in [1.807, 2.05) is 19.9 Å². The molecule has 0 spiro atoms. The molecule has 0 saturated carbocycles. The quantitative estimate of drug-likeness (QED) is 0.776. The number of hydrogen-bond acceptors (Lipinski definition) is 6. The van der Waals surface area contributed by atoms with Crippen molar-refractivity contribution in [3.63, 3.8) is 0 Å². The van der Waals surface area contributed by atoms with Crippen molar-refractivity contribution in [1.29, 1.82) is 0 Å². The van der Waals surface area contributed by atoms with E-state index in [4.69, 9.17) is 4.52 Å². The van der Waals surface area contributed by atoms with Gasteiger partial charge >= 0.3 is 0 Å². The van der Waals surface area contributed by atoms with Gasteiger partial charge in [-0.15, -0.1) is 11.3 Å². The summed E-state index contributed by atoms with van der Waals surface area (Å²) in [5.74, 6) is 1.20. The maximum absolute atomic E-state index is 12.4. The number of thiazole rings is 1. The van der Waals surface area contributed by atoms with Crippen LogP contribution in [0.4, 0.5) is 0 Å². The van der Waals surface area contributed by atoms with Crippen molar-refractivity contribution >= 4 is 17.2 Å². The van der Waals surface area contributed by atoms with Crippen molar-refractivity contribution in [2.75, 3.05) is 0 Å². The van der Waals surface area contributed by atoms with E-state index in [1.54, 1.807) is 6.20 Å². The zero-order valence-corrected chi connectivity index (χ0v) is 14.9. The number of amides is 1. The molecule has 0 fully saturated rings. The minimum absolute atomic E-state index is 0.0374. The molecule has 1 N–H and O–H groups in total. The normalized spacial score (nSPS) is 16.0. The van der Waals surface area contributed by atoms with Crippen LogP contribution in [-0.4, -0.2) is 21.0 Å². The predicted octanol–water partition coefficient (Wildman–Crippen LogP) is 3.48. The number of nitrogens with zero attached hydrogens (tertiary/aromatic N) is 3. The highest BCUT2D eigenvalue weighted by atomic mass is 32.1. The van der Waals surface area contributed by atoms with Gasteiger partial charge in [0, 0.05) is 12.0 Å². The van der Waals surface area contributed by atoms with E-state index in [9.17, 15) is 4.79 Å². The monoisotopic (exact) mass is 354 g/mol. The van der Waals surface area contributed by atoms with Crippen LogP contribution in [0, 0.1) is 6.92 Å². The van der Waals surface area contributed by atoms with Crippen molar-refractivity contribution in [2.45, 2.75) is 39.2 Å². The number of aromatic nitrogens is 3. The first-order valence-electron chi connectivity index (χ1n) is 8.33. The third kappa shape index (κ3) is 3.07. The van der Waals surface area contributed by atoms with Gasteiger partial charge in [-0.1, -0.05) is 24.2 Å². The predicted molar refractivity (Wildman–Crippen MR) is 94.5 cm³/mol. The smallest absolute Gasteiger partial charge is 0.263 e.